The quantitative estimate of drug-likeness (QED) is 0.0530. The van der Waals surface area contributed by atoms with E-state index in [2.05, 4.69) is 26.0 Å². The van der Waals surface area contributed by atoms with Gasteiger partial charge in [0.25, 0.3) is 0 Å². The lowest BCUT2D eigenvalue weighted by Gasteiger charge is -2.27. The first-order valence-corrected chi connectivity index (χ1v) is 21.4. The zero-order valence-corrected chi connectivity index (χ0v) is 32.0. The first-order chi connectivity index (χ1) is 23.3. The minimum Gasteiger partial charge on any atom is -0.391 e. The lowest BCUT2D eigenvalue weighted by molar-refractivity contribution is -0.188. The van der Waals surface area contributed by atoms with E-state index >= 15 is 0 Å². The fraction of sp³-hybridized carbons (Fsp3) is 0.953. The summed E-state index contributed by atoms with van der Waals surface area (Å²) in [5.74, 6) is 0. The Kier molecular flexibility index (Phi) is 35.0. The van der Waals surface area contributed by atoms with Crippen LogP contribution in [0.5, 0.6) is 0 Å². The molecule has 0 bridgehead atoms. The molecular formula is C43H84O4. The fourth-order valence-electron chi connectivity index (χ4n) is 6.84. The molecule has 1 rings (SSSR count). The average Bonchev–Trinajstić information content (AvgIpc) is 3.08. The van der Waals surface area contributed by atoms with E-state index in [1.807, 2.05) is 0 Å². The van der Waals surface area contributed by atoms with Crippen LogP contribution in [0.4, 0.5) is 0 Å². The van der Waals surface area contributed by atoms with E-state index in [9.17, 15) is 5.11 Å². The van der Waals surface area contributed by atoms with Gasteiger partial charge in [0.05, 0.1) is 18.8 Å². The Morgan fingerprint density at radius 1 is 0.596 bits per heavy atom. The highest BCUT2D eigenvalue weighted by Gasteiger charge is 2.19. The van der Waals surface area contributed by atoms with Crippen molar-refractivity contribution in [3.8, 4) is 0 Å². The van der Waals surface area contributed by atoms with Crippen LogP contribution in [-0.2, 0) is 14.2 Å². The Bertz CT molecular complexity index is 617. The smallest absolute Gasteiger partial charge is 0.157 e. The largest absolute Gasteiger partial charge is 0.391 e. The van der Waals surface area contributed by atoms with Gasteiger partial charge in [-0.1, -0.05) is 180 Å². The summed E-state index contributed by atoms with van der Waals surface area (Å²) < 4.78 is 18.0. The molecule has 280 valence electrons. The van der Waals surface area contributed by atoms with Crippen LogP contribution in [0.15, 0.2) is 12.2 Å². The molecule has 3 atom stereocenters. The third-order valence-corrected chi connectivity index (χ3v) is 10.0. The van der Waals surface area contributed by atoms with Crippen LogP contribution < -0.4 is 0 Å². The molecule has 47 heavy (non-hydrogen) atoms. The van der Waals surface area contributed by atoms with E-state index in [0.29, 0.717) is 12.7 Å². The monoisotopic (exact) mass is 665 g/mol. The van der Waals surface area contributed by atoms with E-state index in [-0.39, 0.29) is 12.4 Å². The van der Waals surface area contributed by atoms with Gasteiger partial charge in [-0.25, -0.2) is 0 Å². The van der Waals surface area contributed by atoms with Crippen molar-refractivity contribution in [3.05, 3.63) is 12.2 Å². The molecule has 1 fully saturated rings. The Hall–Kier alpha value is -0.420. The molecule has 0 aromatic heterocycles. The molecule has 1 aliphatic heterocycles. The van der Waals surface area contributed by atoms with Gasteiger partial charge in [-0.2, -0.15) is 0 Å². The van der Waals surface area contributed by atoms with Crippen molar-refractivity contribution in [2.24, 2.45) is 0 Å². The molecule has 4 heteroatoms. The molecule has 1 aliphatic rings. The molecular weight excluding hydrogens is 580 g/mol. The summed E-state index contributed by atoms with van der Waals surface area (Å²) in [6, 6.07) is 0. The molecule has 0 aromatic carbocycles. The number of aliphatic hydroxyl groups excluding tert-OH is 1. The molecule has 0 aliphatic carbocycles. The summed E-state index contributed by atoms with van der Waals surface area (Å²) in [5, 5.41) is 10.2. The minimum absolute atomic E-state index is 0.0253. The molecule has 1 N–H and O–H groups in total. The first-order valence-electron chi connectivity index (χ1n) is 21.4. The van der Waals surface area contributed by atoms with Crippen molar-refractivity contribution in [1.29, 1.82) is 0 Å². The van der Waals surface area contributed by atoms with Crippen molar-refractivity contribution in [2.75, 3.05) is 19.8 Å². The maximum atomic E-state index is 10.2. The third-order valence-electron chi connectivity index (χ3n) is 10.0. The van der Waals surface area contributed by atoms with Crippen LogP contribution in [-0.4, -0.2) is 43.4 Å². The van der Waals surface area contributed by atoms with Gasteiger partial charge in [0, 0.05) is 13.2 Å². The Balaban J connectivity index is 1.83. The summed E-state index contributed by atoms with van der Waals surface area (Å²) >= 11 is 0. The second kappa shape index (κ2) is 36.9. The van der Waals surface area contributed by atoms with Crippen LogP contribution in [0.1, 0.15) is 226 Å². The predicted octanol–water partition coefficient (Wildman–Crippen LogP) is 13.6. The average molecular weight is 665 g/mol. The van der Waals surface area contributed by atoms with Gasteiger partial charge < -0.3 is 19.3 Å². The van der Waals surface area contributed by atoms with E-state index in [1.165, 1.54) is 173 Å². The van der Waals surface area contributed by atoms with E-state index < -0.39 is 0 Å². The van der Waals surface area contributed by atoms with Crippen molar-refractivity contribution < 1.29 is 19.3 Å². The highest BCUT2D eigenvalue weighted by molar-refractivity contribution is 4.85. The molecule has 1 heterocycles. The zero-order valence-electron chi connectivity index (χ0n) is 32.0. The lowest BCUT2D eigenvalue weighted by Crippen LogP contribution is -2.27. The van der Waals surface area contributed by atoms with Crippen LogP contribution in [0.2, 0.25) is 0 Å². The zero-order chi connectivity index (χ0) is 33.7. The fourth-order valence-corrected chi connectivity index (χ4v) is 6.84. The Morgan fingerprint density at radius 3 is 1.68 bits per heavy atom. The molecule has 1 saturated heterocycles. The standard InChI is InChI=1S/C43H84O4/c1-3-5-7-9-10-11-12-13-14-15-16-17-19-22-25-28-34-41(44)40-45-38-32-27-24-21-18-20-23-26-30-36-42(35-29-8-6-4-2)47-43-37-31-33-39-46-43/h26,30,41-44H,3-25,27-29,31-40H2,1-2H3/t41?,42-,43?/m1/s1. The highest BCUT2D eigenvalue weighted by atomic mass is 16.7. The summed E-state index contributed by atoms with van der Waals surface area (Å²) in [7, 11) is 0. The molecule has 2 unspecified atom stereocenters. The Morgan fingerprint density at radius 2 is 1.11 bits per heavy atom. The normalized spacial score (nSPS) is 16.7. The number of ether oxygens (including phenoxy) is 3. The number of hydrogen-bond donors (Lipinski definition) is 1. The van der Waals surface area contributed by atoms with Crippen molar-refractivity contribution in [2.45, 2.75) is 244 Å². The maximum absolute atomic E-state index is 10.2. The lowest BCUT2D eigenvalue weighted by atomic mass is 10.0. The van der Waals surface area contributed by atoms with Crippen LogP contribution in [0.25, 0.3) is 0 Å². The molecule has 0 saturated carbocycles. The Labute approximate surface area is 295 Å². The maximum Gasteiger partial charge on any atom is 0.157 e. The van der Waals surface area contributed by atoms with Crippen LogP contribution in [0.3, 0.4) is 0 Å². The van der Waals surface area contributed by atoms with Gasteiger partial charge in [-0.05, 0) is 57.8 Å². The first kappa shape index (κ1) is 44.6. The number of aliphatic hydroxyl groups is 1. The van der Waals surface area contributed by atoms with E-state index in [1.54, 1.807) is 0 Å². The van der Waals surface area contributed by atoms with Gasteiger partial charge in [0.1, 0.15) is 0 Å². The SMILES string of the molecule is CCCCCCCCCCCCCCCCCCC(O)COCCCCCCCCC=CC[C@@H](CCCCCC)OC1CCCCO1. The van der Waals surface area contributed by atoms with Gasteiger partial charge >= 0.3 is 0 Å². The van der Waals surface area contributed by atoms with E-state index in [4.69, 9.17) is 14.2 Å². The summed E-state index contributed by atoms with van der Waals surface area (Å²) in [6.07, 6.45) is 47.6. The minimum atomic E-state index is -0.279. The van der Waals surface area contributed by atoms with Crippen molar-refractivity contribution >= 4 is 0 Å². The van der Waals surface area contributed by atoms with Gasteiger partial charge in [0.2, 0.25) is 0 Å². The topological polar surface area (TPSA) is 47.9 Å². The van der Waals surface area contributed by atoms with Crippen molar-refractivity contribution in [3.63, 3.8) is 0 Å². The summed E-state index contributed by atoms with van der Waals surface area (Å²) in [5.41, 5.74) is 0. The highest BCUT2D eigenvalue weighted by Crippen LogP contribution is 2.21. The van der Waals surface area contributed by atoms with E-state index in [0.717, 1.165) is 51.7 Å². The number of rotatable bonds is 37. The number of allylic oxidation sites excluding steroid dienone is 1. The van der Waals surface area contributed by atoms with Gasteiger partial charge in [-0.15, -0.1) is 0 Å². The van der Waals surface area contributed by atoms with Gasteiger partial charge in [0.15, 0.2) is 6.29 Å². The number of hydrogen-bond acceptors (Lipinski definition) is 4. The molecule has 0 radical (unpaired) electrons. The number of unbranched alkanes of at least 4 members (excludes halogenated alkanes) is 24. The molecule has 0 spiro atoms. The second-order valence-electron chi connectivity index (χ2n) is 14.8. The van der Waals surface area contributed by atoms with Crippen LogP contribution in [0, 0.1) is 0 Å². The molecule has 0 aromatic rings. The molecule has 4 nitrogen and oxygen atoms in total. The van der Waals surface area contributed by atoms with Crippen LogP contribution >= 0.6 is 0 Å². The summed E-state index contributed by atoms with van der Waals surface area (Å²) in [6.45, 7) is 6.74. The molecule has 0 amide bonds. The predicted molar refractivity (Wildman–Crippen MR) is 204 cm³/mol. The van der Waals surface area contributed by atoms with Gasteiger partial charge in [-0.3, -0.25) is 0 Å². The third kappa shape index (κ3) is 32.5. The van der Waals surface area contributed by atoms with Crippen molar-refractivity contribution in [1.82, 2.24) is 0 Å². The summed E-state index contributed by atoms with van der Waals surface area (Å²) in [4.78, 5) is 0. The second-order valence-corrected chi connectivity index (χ2v) is 14.8.